The predicted molar refractivity (Wildman–Crippen MR) is 48.0 cm³/mol. The first kappa shape index (κ1) is 8.24. The lowest BCUT2D eigenvalue weighted by Crippen LogP contribution is -2.37. The standard InChI is InChI=1S/C10H17NO/c1-10(2)7-11-6-4-3-5-8(11)9(10)12/h8H,3-7H2,1-2H3. The Bertz CT molecular complexity index is 210. The van der Waals surface area contributed by atoms with Gasteiger partial charge in [-0.05, 0) is 19.4 Å². The number of carbonyl (C=O) groups excluding carboxylic acids is 1. The molecular weight excluding hydrogens is 150 g/mol. The number of carbonyl (C=O) groups is 1. The van der Waals surface area contributed by atoms with Crippen LogP contribution in [0.5, 0.6) is 0 Å². The van der Waals surface area contributed by atoms with Crippen molar-refractivity contribution in [3.63, 3.8) is 0 Å². The van der Waals surface area contributed by atoms with Crippen molar-refractivity contribution in [2.45, 2.75) is 39.2 Å². The van der Waals surface area contributed by atoms with Gasteiger partial charge in [0, 0.05) is 12.0 Å². The van der Waals surface area contributed by atoms with E-state index in [0.717, 1.165) is 19.5 Å². The van der Waals surface area contributed by atoms with Gasteiger partial charge in [-0.3, -0.25) is 9.69 Å². The lowest BCUT2D eigenvalue weighted by atomic mass is 9.88. The van der Waals surface area contributed by atoms with Crippen molar-refractivity contribution < 1.29 is 4.79 Å². The number of hydrogen-bond acceptors (Lipinski definition) is 2. The highest BCUT2D eigenvalue weighted by Gasteiger charge is 2.46. The Hall–Kier alpha value is -0.370. The second-order valence-electron chi connectivity index (χ2n) is 4.73. The average molecular weight is 167 g/mol. The molecule has 0 aromatic rings. The van der Waals surface area contributed by atoms with Crippen molar-refractivity contribution in [1.29, 1.82) is 0 Å². The molecule has 0 bridgehead atoms. The summed E-state index contributed by atoms with van der Waals surface area (Å²) in [4.78, 5) is 14.2. The number of rotatable bonds is 0. The van der Waals surface area contributed by atoms with Crippen LogP contribution in [0.4, 0.5) is 0 Å². The molecule has 2 aliphatic heterocycles. The number of piperidine rings is 1. The highest BCUT2D eigenvalue weighted by Crippen LogP contribution is 2.34. The molecule has 12 heavy (non-hydrogen) atoms. The van der Waals surface area contributed by atoms with E-state index in [1.165, 1.54) is 12.8 Å². The zero-order chi connectivity index (χ0) is 8.77. The summed E-state index contributed by atoms with van der Waals surface area (Å²) in [6, 6.07) is 0.272. The minimum absolute atomic E-state index is 0.0744. The maximum absolute atomic E-state index is 11.8. The SMILES string of the molecule is CC1(C)CN2CCCCC2C1=O. The van der Waals surface area contributed by atoms with Gasteiger partial charge in [-0.15, -0.1) is 0 Å². The largest absolute Gasteiger partial charge is 0.297 e. The molecule has 68 valence electrons. The molecule has 1 atom stereocenters. The van der Waals surface area contributed by atoms with Gasteiger partial charge in [0.15, 0.2) is 5.78 Å². The summed E-state index contributed by atoms with van der Waals surface area (Å²) in [6.07, 6.45) is 3.62. The van der Waals surface area contributed by atoms with E-state index in [0.29, 0.717) is 5.78 Å². The van der Waals surface area contributed by atoms with E-state index in [-0.39, 0.29) is 11.5 Å². The van der Waals surface area contributed by atoms with Crippen LogP contribution in [-0.2, 0) is 4.79 Å². The monoisotopic (exact) mass is 167 g/mol. The zero-order valence-corrected chi connectivity index (χ0v) is 7.97. The Morgan fingerprint density at radius 1 is 1.42 bits per heavy atom. The minimum Gasteiger partial charge on any atom is -0.297 e. The van der Waals surface area contributed by atoms with Crippen LogP contribution in [0.15, 0.2) is 0 Å². The van der Waals surface area contributed by atoms with E-state index in [1.807, 2.05) is 0 Å². The number of fused-ring (bicyclic) bond motifs is 1. The first-order valence-corrected chi connectivity index (χ1v) is 4.90. The molecule has 2 saturated heterocycles. The normalized spacial score (nSPS) is 35.2. The van der Waals surface area contributed by atoms with Crippen molar-refractivity contribution in [3.05, 3.63) is 0 Å². The fraction of sp³-hybridized carbons (Fsp3) is 0.900. The third-order valence-electron chi connectivity index (χ3n) is 3.18. The smallest absolute Gasteiger partial charge is 0.156 e. The van der Waals surface area contributed by atoms with E-state index >= 15 is 0 Å². The molecule has 0 aromatic carbocycles. The number of ketones is 1. The van der Waals surface area contributed by atoms with E-state index in [2.05, 4.69) is 18.7 Å². The van der Waals surface area contributed by atoms with Gasteiger partial charge in [0.25, 0.3) is 0 Å². The quantitative estimate of drug-likeness (QED) is 0.544. The van der Waals surface area contributed by atoms with E-state index in [4.69, 9.17) is 0 Å². The van der Waals surface area contributed by atoms with Gasteiger partial charge in [0.1, 0.15) is 0 Å². The number of hydrogen-bond donors (Lipinski definition) is 0. The molecule has 0 saturated carbocycles. The van der Waals surface area contributed by atoms with Crippen molar-refractivity contribution in [2.24, 2.45) is 5.41 Å². The molecule has 0 aliphatic carbocycles. The first-order valence-electron chi connectivity index (χ1n) is 4.90. The Kier molecular flexibility index (Phi) is 1.76. The molecule has 0 amide bonds. The lowest BCUT2D eigenvalue weighted by Gasteiger charge is -2.27. The molecule has 0 N–H and O–H groups in total. The van der Waals surface area contributed by atoms with Crippen LogP contribution in [0, 0.1) is 5.41 Å². The maximum Gasteiger partial charge on any atom is 0.156 e. The van der Waals surface area contributed by atoms with Gasteiger partial charge < -0.3 is 0 Å². The highest BCUT2D eigenvalue weighted by molar-refractivity contribution is 5.91. The van der Waals surface area contributed by atoms with Crippen LogP contribution in [0.2, 0.25) is 0 Å². The van der Waals surface area contributed by atoms with Gasteiger partial charge in [-0.2, -0.15) is 0 Å². The molecule has 2 rings (SSSR count). The summed E-state index contributed by atoms with van der Waals surface area (Å²) in [6.45, 7) is 6.28. The molecule has 2 nitrogen and oxygen atoms in total. The summed E-state index contributed by atoms with van der Waals surface area (Å²) in [7, 11) is 0. The maximum atomic E-state index is 11.8. The van der Waals surface area contributed by atoms with Crippen LogP contribution < -0.4 is 0 Å². The second kappa shape index (κ2) is 2.56. The molecule has 2 heterocycles. The van der Waals surface area contributed by atoms with Crippen molar-refractivity contribution in [2.75, 3.05) is 13.1 Å². The Morgan fingerprint density at radius 2 is 2.17 bits per heavy atom. The van der Waals surface area contributed by atoms with Gasteiger partial charge >= 0.3 is 0 Å². The lowest BCUT2D eigenvalue weighted by molar-refractivity contribution is -0.126. The topological polar surface area (TPSA) is 20.3 Å². The summed E-state index contributed by atoms with van der Waals surface area (Å²) >= 11 is 0. The van der Waals surface area contributed by atoms with Crippen LogP contribution in [0.25, 0.3) is 0 Å². The molecule has 0 radical (unpaired) electrons. The van der Waals surface area contributed by atoms with E-state index < -0.39 is 0 Å². The van der Waals surface area contributed by atoms with Crippen LogP contribution in [-0.4, -0.2) is 29.8 Å². The molecule has 2 fully saturated rings. The summed E-state index contributed by atoms with van der Waals surface area (Å²) in [5.74, 6) is 0.474. The molecular formula is C10H17NO. The molecule has 2 aliphatic rings. The minimum atomic E-state index is -0.0744. The molecule has 1 unspecified atom stereocenters. The van der Waals surface area contributed by atoms with Gasteiger partial charge in [-0.25, -0.2) is 0 Å². The fourth-order valence-electron chi connectivity index (χ4n) is 2.51. The zero-order valence-electron chi connectivity index (χ0n) is 7.97. The number of nitrogens with zero attached hydrogens (tertiary/aromatic N) is 1. The van der Waals surface area contributed by atoms with Gasteiger partial charge in [-0.1, -0.05) is 20.3 Å². The van der Waals surface area contributed by atoms with Crippen LogP contribution >= 0.6 is 0 Å². The van der Waals surface area contributed by atoms with Crippen molar-refractivity contribution >= 4 is 5.78 Å². The summed E-state index contributed by atoms with van der Waals surface area (Å²) in [5.41, 5.74) is -0.0744. The van der Waals surface area contributed by atoms with Crippen LogP contribution in [0.1, 0.15) is 33.1 Å². The third-order valence-corrected chi connectivity index (χ3v) is 3.18. The molecule has 0 aromatic heterocycles. The van der Waals surface area contributed by atoms with Crippen molar-refractivity contribution in [1.82, 2.24) is 4.90 Å². The predicted octanol–water partition coefficient (Wildman–Crippen LogP) is 1.45. The molecule has 2 heteroatoms. The third kappa shape index (κ3) is 1.09. The highest BCUT2D eigenvalue weighted by atomic mass is 16.1. The average Bonchev–Trinajstić information content (AvgIpc) is 2.24. The Morgan fingerprint density at radius 3 is 2.83 bits per heavy atom. The first-order chi connectivity index (χ1) is 5.61. The summed E-state index contributed by atoms with van der Waals surface area (Å²) in [5, 5.41) is 0. The Balaban J connectivity index is 2.19. The Labute approximate surface area is 73.9 Å². The van der Waals surface area contributed by atoms with Gasteiger partial charge in [0.05, 0.1) is 6.04 Å². The van der Waals surface area contributed by atoms with E-state index in [9.17, 15) is 4.79 Å². The number of Topliss-reactive ketones (excluding diaryl/α,β-unsaturated/α-hetero) is 1. The van der Waals surface area contributed by atoms with E-state index in [1.54, 1.807) is 0 Å². The van der Waals surface area contributed by atoms with Crippen LogP contribution in [0.3, 0.4) is 0 Å². The van der Waals surface area contributed by atoms with Gasteiger partial charge in [0.2, 0.25) is 0 Å². The fourth-order valence-corrected chi connectivity index (χ4v) is 2.51. The summed E-state index contributed by atoms with van der Waals surface area (Å²) < 4.78 is 0. The molecule has 0 spiro atoms. The second-order valence-corrected chi connectivity index (χ2v) is 4.73. The van der Waals surface area contributed by atoms with Crippen molar-refractivity contribution in [3.8, 4) is 0 Å².